The van der Waals surface area contributed by atoms with Crippen molar-refractivity contribution in [1.82, 2.24) is 18.8 Å². The fraction of sp³-hybridized carbons (Fsp3) is 0. The first-order valence-corrected chi connectivity index (χ1v) is 18.1. The van der Waals surface area contributed by atoms with Crippen LogP contribution in [-0.4, -0.2) is 45.8 Å². The van der Waals surface area contributed by atoms with Crippen LogP contribution in [0.15, 0.2) is 163 Å². The normalized spacial score (nSPS) is 11.1. The van der Waals surface area contributed by atoms with E-state index in [0.717, 1.165) is 37.6 Å². The highest BCUT2D eigenvalue weighted by Crippen LogP contribution is 2.36. The van der Waals surface area contributed by atoms with Crippen LogP contribution in [0.4, 0.5) is 11.4 Å². The van der Waals surface area contributed by atoms with E-state index in [1.54, 1.807) is 18.3 Å². The van der Waals surface area contributed by atoms with E-state index in [4.69, 9.17) is 10.0 Å². The molecule has 4 heterocycles. The molecule has 10 aromatic rings. The van der Waals surface area contributed by atoms with Crippen molar-refractivity contribution in [3.8, 4) is 11.3 Å². The van der Waals surface area contributed by atoms with Crippen molar-refractivity contribution in [3.63, 3.8) is 0 Å². The number of rotatable bonds is 4. The molecule has 6 aromatic carbocycles. The zero-order valence-electron chi connectivity index (χ0n) is 29.2. The number of aromatic nitrogens is 4. The molecule has 0 fully saturated rings. The molecule has 10 rings (SSSR count). The second kappa shape index (κ2) is 15.0. The summed E-state index contributed by atoms with van der Waals surface area (Å²) in [5, 5.41) is 46.1. The number of fused-ring (bicyclic) bond motifs is 12. The van der Waals surface area contributed by atoms with Gasteiger partial charge in [0, 0.05) is 33.7 Å². The van der Waals surface area contributed by atoms with Gasteiger partial charge < -0.3 is 10.0 Å². The van der Waals surface area contributed by atoms with Crippen LogP contribution in [0.2, 0.25) is 0 Å². The zero-order chi connectivity index (χ0) is 38.9. The van der Waals surface area contributed by atoms with E-state index in [1.165, 1.54) is 52.0 Å². The second-order valence-corrected chi connectivity index (χ2v) is 13.4. The minimum Gasteiger partial charge on any atom is -0.423 e. The summed E-state index contributed by atoms with van der Waals surface area (Å²) in [7, 11) is -1.80. The molecule has 0 spiro atoms. The first-order chi connectivity index (χ1) is 27.2. The molecule has 0 radical (unpaired) electrons. The highest BCUT2D eigenvalue weighted by Gasteiger charge is 2.23. The van der Waals surface area contributed by atoms with E-state index in [1.807, 2.05) is 53.1 Å². The van der Waals surface area contributed by atoms with Crippen molar-refractivity contribution < 1.29 is 19.9 Å². The van der Waals surface area contributed by atoms with Crippen LogP contribution in [0.3, 0.4) is 0 Å². The lowest BCUT2D eigenvalue weighted by atomic mass is 9.79. The van der Waals surface area contributed by atoms with Crippen molar-refractivity contribution >= 4 is 94.5 Å². The van der Waals surface area contributed by atoms with Crippen LogP contribution in [-0.2, 0) is 0 Å². The number of hydrogen-bond donors (Lipinski definition) is 2. The number of halogens is 1. The number of benzene rings is 6. The number of pyridine rings is 2. The van der Waals surface area contributed by atoms with Crippen LogP contribution in [0.25, 0.3) is 65.9 Å². The molecule has 0 aliphatic heterocycles. The van der Waals surface area contributed by atoms with Crippen LogP contribution in [0.5, 0.6) is 0 Å². The third-order valence-corrected chi connectivity index (χ3v) is 10.0. The van der Waals surface area contributed by atoms with Crippen molar-refractivity contribution in [2.45, 2.75) is 0 Å². The standard InChI is InChI=1S/C21H13N3O2.C15H9BrN2.C6H6BNO4/c25-24(26)19-12-6-4-10-17(19)20-13-22-21-16-9-2-1-7-14(16)15-8-3-5-11-18(15)23(20)21;16-14-9-17-15-12-7-2-1-5-10(12)11-6-3-4-8-13(11)18(14)15;9-7(10)5-3-1-2-4-6(5)8(11)12/h1-13H;1-9H;1-4,9-10H. The fourth-order valence-corrected chi connectivity index (χ4v) is 7.53. The summed E-state index contributed by atoms with van der Waals surface area (Å²) in [6, 6.07) is 45.3. The number of hydrogen-bond acceptors (Lipinski definition) is 8. The Labute approximate surface area is 326 Å². The van der Waals surface area contributed by atoms with Gasteiger partial charge in [0.05, 0.1) is 50.0 Å². The summed E-state index contributed by atoms with van der Waals surface area (Å²) in [5.41, 5.74) is 4.92. The Bertz CT molecular complexity index is 3130. The average molecular weight is 803 g/mol. The van der Waals surface area contributed by atoms with E-state index >= 15 is 0 Å². The summed E-state index contributed by atoms with van der Waals surface area (Å²) in [6.07, 6.45) is 3.57. The molecule has 56 heavy (non-hydrogen) atoms. The molecule has 14 heteroatoms. The van der Waals surface area contributed by atoms with Crippen LogP contribution < -0.4 is 5.46 Å². The summed E-state index contributed by atoms with van der Waals surface area (Å²) in [4.78, 5) is 29.9. The van der Waals surface area contributed by atoms with E-state index in [9.17, 15) is 20.2 Å². The molecule has 0 bridgehead atoms. The fourth-order valence-electron chi connectivity index (χ4n) is 7.07. The maximum atomic E-state index is 11.5. The van der Waals surface area contributed by atoms with E-state index in [2.05, 4.69) is 91.0 Å². The van der Waals surface area contributed by atoms with Crippen molar-refractivity contribution in [2.24, 2.45) is 0 Å². The van der Waals surface area contributed by atoms with Crippen LogP contribution in [0.1, 0.15) is 0 Å². The second-order valence-electron chi connectivity index (χ2n) is 12.6. The smallest absolute Gasteiger partial charge is 0.423 e. The molecule has 272 valence electrons. The van der Waals surface area contributed by atoms with Crippen molar-refractivity contribution in [3.05, 3.63) is 183 Å². The predicted octanol–water partition coefficient (Wildman–Crippen LogP) is 8.89. The van der Waals surface area contributed by atoms with Gasteiger partial charge in [0.1, 0.15) is 15.9 Å². The minimum atomic E-state index is -1.80. The Morgan fingerprint density at radius 1 is 0.518 bits per heavy atom. The van der Waals surface area contributed by atoms with Gasteiger partial charge in [-0.15, -0.1) is 0 Å². The molecule has 0 aliphatic carbocycles. The van der Waals surface area contributed by atoms with Crippen molar-refractivity contribution in [2.75, 3.05) is 0 Å². The Kier molecular flexibility index (Phi) is 9.66. The zero-order valence-corrected chi connectivity index (χ0v) is 30.8. The average Bonchev–Trinajstić information content (AvgIpc) is 3.86. The Hall–Kier alpha value is -7.00. The quantitative estimate of drug-likeness (QED) is 0.0772. The molecular formula is C42H28BBrN6O6. The largest absolute Gasteiger partial charge is 0.495 e. The van der Waals surface area contributed by atoms with E-state index in [-0.39, 0.29) is 21.8 Å². The summed E-state index contributed by atoms with van der Waals surface area (Å²) >= 11 is 3.57. The van der Waals surface area contributed by atoms with E-state index < -0.39 is 12.0 Å². The number of nitrogens with zero attached hydrogens (tertiary/aromatic N) is 6. The Morgan fingerprint density at radius 2 is 0.946 bits per heavy atom. The first-order valence-electron chi connectivity index (χ1n) is 17.3. The molecule has 0 saturated heterocycles. The maximum absolute atomic E-state index is 11.5. The molecular weight excluding hydrogens is 775 g/mol. The summed E-state index contributed by atoms with van der Waals surface area (Å²) in [6.45, 7) is 0. The summed E-state index contributed by atoms with van der Waals surface area (Å²) in [5.74, 6) is 0. The topological polar surface area (TPSA) is 161 Å². The highest BCUT2D eigenvalue weighted by atomic mass is 79.9. The summed E-state index contributed by atoms with van der Waals surface area (Å²) < 4.78 is 5.15. The Balaban J connectivity index is 0.000000128. The van der Waals surface area contributed by atoms with Gasteiger partial charge >= 0.3 is 7.12 Å². The monoisotopic (exact) mass is 802 g/mol. The molecule has 2 N–H and O–H groups in total. The molecule has 12 nitrogen and oxygen atoms in total. The molecule has 4 aromatic heterocycles. The highest BCUT2D eigenvalue weighted by molar-refractivity contribution is 9.10. The van der Waals surface area contributed by atoms with Gasteiger partial charge in [-0.1, -0.05) is 115 Å². The van der Waals surface area contributed by atoms with Gasteiger partial charge in [0.25, 0.3) is 11.4 Å². The van der Waals surface area contributed by atoms with Gasteiger partial charge in [-0.05, 0) is 44.9 Å². The van der Waals surface area contributed by atoms with Crippen molar-refractivity contribution in [1.29, 1.82) is 0 Å². The van der Waals surface area contributed by atoms with Gasteiger partial charge in [-0.2, -0.15) is 0 Å². The lowest BCUT2D eigenvalue weighted by Crippen LogP contribution is -2.31. The van der Waals surface area contributed by atoms with Gasteiger partial charge in [0.15, 0.2) is 0 Å². The first kappa shape index (κ1) is 36.0. The number of para-hydroxylation sites is 4. The Morgan fingerprint density at radius 3 is 1.50 bits per heavy atom. The predicted molar refractivity (Wildman–Crippen MR) is 223 cm³/mol. The molecule has 0 aliphatic rings. The third kappa shape index (κ3) is 6.37. The van der Waals surface area contributed by atoms with E-state index in [0.29, 0.717) is 11.3 Å². The third-order valence-electron chi connectivity index (χ3n) is 9.48. The molecule has 0 amide bonds. The molecule has 0 saturated carbocycles. The van der Waals surface area contributed by atoms with Crippen LogP contribution >= 0.6 is 15.9 Å². The van der Waals surface area contributed by atoms with Crippen LogP contribution in [0, 0.1) is 20.2 Å². The lowest BCUT2D eigenvalue weighted by Gasteiger charge is -2.10. The van der Waals surface area contributed by atoms with Gasteiger partial charge in [-0.3, -0.25) is 29.0 Å². The molecule has 0 atom stereocenters. The number of nitro groups is 2. The van der Waals surface area contributed by atoms with Gasteiger partial charge in [0.2, 0.25) is 0 Å². The SMILES string of the molecule is Brc1cnc2c3ccccc3c3ccccc3n12.O=[N+]([O-])c1ccccc1-c1cnc2c3ccccc3c3ccccc3n12.O=[N+]([O-])c1ccccc1B(O)O. The minimum absolute atomic E-state index is 0.0755. The van der Waals surface area contributed by atoms with Gasteiger partial charge in [-0.25, -0.2) is 9.97 Å². The maximum Gasteiger partial charge on any atom is 0.495 e. The lowest BCUT2D eigenvalue weighted by molar-refractivity contribution is -0.384. The number of nitro benzene ring substituents is 2. The molecule has 0 unspecified atom stereocenters. The number of imidazole rings is 2.